The molecule has 0 radical (unpaired) electrons. The minimum absolute atomic E-state index is 0.168. The first kappa shape index (κ1) is 11.9. The molecule has 0 saturated heterocycles. The van der Waals surface area contributed by atoms with E-state index in [0.29, 0.717) is 18.9 Å². The maximum atomic E-state index is 11.4. The Labute approximate surface area is 90.2 Å². The van der Waals surface area contributed by atoms with Crippen LogP contribution in [0.3, 0.4) is 0 Å². The fourth-order valence-corrected chi connectivity index (χ4v) is 1.96. The van der Waals surface area contributed by atoms with Crippen LogP contribution in [0.5, 0.6) is 0 Å². The van der Waals surface area contributed by atoms with Gasteiger partial charge in [0.15, 0.2) is 0 Å². The van der Waals surface area contributed by atoms with Gasteiger partial charge in [-0.05, 0) is 37.2 Å². The topological polar surface area (TPSA) is 55.1 Å². The van der Waals surface area contributed by atoms with Gasteiger partial charge in [-0.25, -0.2) is 0 Å². The molecule has 0 heterocycles. The standard InChI is InChI=1S/C10H20N2OS/c1-14-6-2-3-10(13)12-9(7-11)8-4-5-8/h8-9H,2-7,11H2,1H3,(H,12,13). The van der Waals surface area contributed by atoms with E-state index in [9.17, 15) is 4.79 Å². The number of rotatable bonds is 7. The lowest BCUT2D eigenvalue weighted by Gasteiger charge is -2.15. The van der Waals surface area contributed by atoms with E-state index in [2.05, 4.69) is 11.6 Å². The van der Waals surface area contributed by atoms with Crippen LogP contribution < -0.4 is 11.1 Å². The smallest absolute Gasteiger partial charge is 0.220 e. The van der Waals surface area contributed by atoms with E-state index in [1.165, 1.54) is 12.8 Å². The Hall–Kier alpha value is -0.220. The molecule has 1 saturated carbocycles. The van der Waals surface area contributed by atoms with Crippen molar-refractivity contribution in [1.29, 1.82) is 0 Å². The van der Waals surface area contributed by atoms with E-state index in [0.717, 1.165) is 12.2 Å². The summed E-state index contributed by atoms with van der Waals surface area (Å²) in [5.41, 5.74) is 5.60. The molecule has 0 aliphatic heterocycles. The molecule has 0 spiro atoms. The molecule has 0 aromatic carbocycles. The van der Waals surface area contributed by atoms with Gasteiger partial charge in [-0.2, -0.15) is 11.8 Å². The molecule has 4 heteroatoms. The Morgan fingerprint density at radius 3 is 2.86 bits per heavy atom. The van der Waals surface area contributed by atoms with Crippen LogP contribution in [0.1, 0.15) is 25.7 Å². The lowest BCUT2D eigenvalue weighted by Crippen LogP contribution is -2.41. The molecule has 0 aromatic heterocycles. The number of hydrogen-bond acceptors (Lipinski definition) is 3. The van der Waals surface area contributed by atoms with Crippen molar-refractivity contribution in [3.8, 4) is 0 Å². The quantitative estimate of drug-likeness (QED) is 0.624. The average Bonchev–Trinajstić information content (AvgIpc) is 2.98. The first-order chi connectivity index (χ1) is 6.77. The minimum atomic E-state index is 0.168. The zero-order valence-electron chi connectivity index (χ0n) is 8.79. The maximum Gasteiger partial charge on any atom is 0.220 e. The summed E-state index contributed by atoms with van der Waals surface area (Å²) in [5, 5.41) is 3.01. The number of thioether (sulfide) groups is 1. The second kappa shape index (κ2) is 6.30. The summed E-state index contributed by atoms with van der Waals surface area (Å²) in [6, 6.07) is 0.233. The highest BCUT2D eigenvalue weighted by Crippen LogP contribution is 2.32. The number of carbonyl (C=O) groups excluding carboxylic acids is 1. The lowest BCUT2D eigenvalue weighted by atomic mass is 10.2. The average molecular weight is 216 g/mol. The Morgan fingerprint density at radius 2 is 2.36 bits per heavy atom. The van der Waals surface area contributed by atoms with Gasteiger partial charge >= 0.3 is 0 Å². The van der Waals surface area contributed by atoms with Gasteiger partial charge < -0.3 is 11.1 Å². The van der Waals surface area contributed by atoms with Crippen molar-refractivity contribution < 1.29 is 4.79 Å². The molecular weight excluding hydrogens is 196 g/mol. The van der Waals surface area contributed by atoms with Crippen molar-refractivity contribution >= 4 is 17.7 Å². The van der Waals surface area contributed by atoms with Crippen molar-refractivity contribution in [3.63, 3.8) is 0 Å². The van der Waals surface area contributed by atoms with Gasteiger partial charge in [0.25, 0.3) is 0 Å². The van der Waals surface area contributed by atoms with Gasteiger partial charge in [-0.15, -0.1) is 0 Å². The molecule has 1 aliphatic rings. The Bertz CT molecular complexity index is 183. The summed E-state index contributed by atoms with van der Waals surface area (Å²) in [7, 11) is 0. The van der Waals surface area contributed by atoms with Crippen LogP contribution in [-0.4, -0.2) is 30.5 Å². The minimum Gasteiger partial charge on any atom is -0.352 e. The molecule has 3 N–H and O–H groups in total. The third kappa shape index (κ3) is 4.33. The fraction of sp³-hybridized carbons (Fsp3) is 0.900. The molecule has 1 amide bonds. The molecule has 1 unspecified atom stereocenters. The van der Waals surface area contributed by atoms with Crippen LogP contribution in [0.25, 0.3) is 0 Å². The zero-order valence-corrected chi connectivity index (χ0v) is 9.61. The van der Waals surface area contributed by atoms with Gasteiger partial charge in [-0.3, -0.25) is 4.79 Å². The van der Waals surface area contributed by atoms with Gasteiger partial charge in [0.2, 0.25) is 5.91 Å². The Kier molecular flexibility index (Phi) is 5.33. The van der Waals surface area contributed by atoms with E-state index in [-0.39, 0.29) is 11.9 Å². The van der Waals surface area contributed by atoms with Crippen LogP contribution in [0, 0.1) is 5.92 Å². The number of carbonyl (C=O) groups is 1. The predicted molar refractivity (Wildman–Crippen MR) is 61.3 cm³/mol. The molecule has 1 rings (SSSR count). The lowest BCUT2D eigenvalue weighted by molar-refractivity contribution is -0.121. The second-order valence-corrected chi connectivity index (χ2v) is 4.83. The number of nitrogens with two attached hydrogens (primary N) is 1. The van der Waals surface area contributed by atoms with Crippen molar-refractivity contribution in [1.82, 2.24) is 5.32 Å². The molecule has 1 fully saturated rings. The molecule has 1 atom stereocenters. The fourth-order valence-electron chi connectivity index (χ4n) is 1.52. The highest BCUT2D eigenvalue weighted by Gasteiger charge is 2.30. The molecular formula is C10H20N2OS. The third-order valence-electron chi connectivity index (χ3n) is 2.54. The predicted octanol–water partition coefficient (Wildman–Crippen LogP) is 0.983. The molecule has 82 valence electrons. The number of hydrogen-bond donors (Lipinski definition) is 2. The van der Waals surface area contributed by atoms with Gasteiger partial charge in [0.05, 0.1) is 0 Å². The summed E-state index contributed by atoms with van der Waals surface area (Å²) < 4.78 is 0. The maximum absolute atomic E-state index is 11.4. The molecule has 14 heavy (non-hydrogen) atoms. The SMILES string of the molecule is CSCCCC(=O)NC(CN)C1CC1. The molecule has 0 aromatic rings. The monoisotopic (exact) mass is 216 g/mol. The molecule has 3 nitrogen and oxygen atoms in total. The normalized spacial score (nSPS) is 17.9. The van der Waals surface area contributed by atoms with Gasteiger partial charge in [-0.1, -0.05) is 0 Å². The van der Waals surface area contributed by atoms with E-state index in [4.69, 9.17) is 5.73 Å². The highest BCUT2D eigenvalue weighted by molar-refractivity contribution is 7.98. The van der Waals surface area contributed by atoms with Crippen molar-refractivity contribution in [2.45, 2.75) is 31.7 Å². The number of amides is 1. The summed E-state index contributed by atoms with van der Waals surface area (Å²) in [5.74, 6) is 1.88. The van der Waals surface area contributed by atoms with Gasteiger partial charge in [0.1, 0.15) is 0 Å². The highest BCUT2D eigenvalue weighted by atomic mass is 32.2. The van der Waals surface area contributed by atoms with Crippen LogP contribution >= 0.6 is 11.8 Å². The Morgan fingerprint density at radius 1 is 1.64 bits per heavy atom. The molecule has 1 aliphatic carbocycles. The van der Waals surface area contributed by atoms with Crippen LogP contribution in [0.15, 0.2) is 0 Å². The first-order valence-electron chi connectivity index (χ1n) is 5.26. The number of nitrogens with one attached hydrogen (secondary N) is 1. The van der Waals surface area contributed by atoms with Crippen LogP contribution in [-0.2, 0) is 4.79 Å². The van der Waals surface area contributed by atoms with E-state index in [1.807, 2.05) is 0 Å². The van der Waals surface area contributed by atoms with Crippen LogP contribution in [0.4, 0.5) is 0 Å². The van der Waals surface area contributed by atoms with Crippen molar-refractivity contribution in [3.05, 3.63) is 0 Å². The van der Waals surface area contributed by atoms with E-state index >= 15 is 0 Å². The van der Waals surface area contributed by atoms with Gasteiger partial charge in [0, 0.05) is 19.0 Å². The summed E-state index contributed by atoms with van der Waals surface area (Å²) in [4.78, 5) is 11.4. The van der Waals surface area contributed by atoms with Crippen molar-refractivity contribution in [2.75, 3.05) is 18.6 Å². The molecule has 0 bridgehead atoms. The first-order valence-corrected chi connectivity index (χ1v) is 6.65. The summed E-state index contributed by atoms with van der Waals surface area (Å²) >= 11 is 1.78. The van der Waals surface area contributed by atoms with E-state index in [1.54, 1.807) is 11.8 Å². The third-order valence-corrected chi connectivity index (χ3v) is 3.24. The zero-order chi connectivity index (χ0) is 10.4. The second-order valence-electron chi connectivity index (χ2n) is 3.84. The Balaban J connectivity index is 2.11. The summed E-state index contributed by atoms with van der Waals surface area (Å²) in [6.07, 6.45) is 6.13. The van der Waals surface area contributed by atoms with Crippen molar-refractivity contribution in [2.24, 2.45) is 11.7 Å². The van der Waals surface area contributed by atoms with Crippen LogP contribution in [0.2, 0.25) is 0 Å². The largest absolute Gasteiger partial charge is 0.352 e. The summed E-state index contributed by atoms with van der Waals surface area (Å²) in [6.45, 7) is 0.582. The van der Waals surface area contributed by atoms with E-state index < -0.39 is 0 Å².